The lowest BCUT2D eigenvalue weighted by Crippen LogP contribution is -1.82. The average molecular weight is 267 g/mol. The highest BCUT2D eigenvalue weighted by Gasteiger charge is 2.09. The number of phenolic OH excluding ortho intramolecular Hbond substituents is 1. The second-order valence-electron chi connectivity index (χ2n) is 4.40. The van der Waals surface area contributed by atoms with Gasteiger partial charge in [0.1, 0.15) is 5.75 Å². The Balaban J connectivity index is 2.09. The third kappa shape index (κ3) is 2.42. The molecule has 2 nitrogen and oxygen atoms in total. The number of fused-ring (bicyclic) bond motifs is 1. The van der Waals surface area contributed by atoms with Gasteiger partial charge in [-0.3, -0.25) is 4.98 Å². The van der Waals surface area contributed by atoms with E-state index in [9.17, 15) is 5.11 Å². The van der Waals surface area contributed by atoms with Crippen molar-refractivity contribution in [1.29, 1.82) is 0 Å². The minimum Gasteiger partial charge on any atom is -0.507 e. The molecular weight excluding hydrogens is 254 g/mol. The van der Waals surface area contributed by atoms with Gasteiger partial charge >= 0.3 is 0 Å². The van der Waals surface area contributed by atoms with Crippen LogP contribution < -0.4 is 0 Å². The molecule has 0 aliphatic carbocycles. The monoisotopic (exact) mass is 267 g/mol. The van der Waals surface area contributed by atoms with Gasteiger partial charge in [-0.25, -0.2) is 0 Å². The summed E-state index contributed by atoms with van der Waals surface area (Å²) in [7, 11) is 0. The van der Waals surface area contributed by atoms with Gasteiger partial charge in [0.2, 0.25) is 0 Å². The predicted molar refractivity (Wildman–Crippen MR) is 78.7 cm³/mol. The van der Waals surface area contributed by atoms with Crippen LogP contribution in [0.15, 0.2) is 64.5 Å². The van der Waals surface area contributed by atoms with Crippen molar-refractivity contribution in [2.45, 2.75) is 16.7 Å². The molecule has 0 unspecified atom stereocenters. The Kier molecular flexibility index (Phi) is 3.13. The van der Waals surface area contributed by atoms with Crippen LogP contribution in [0.1, 0.15) is 5.56 Å². The molecule has 0 aliphatic rings. The van der Waals surface area contributed by atoms with Crippen molar-refractivity contribution < 1.29 is 5.11 Å². The molecule has 2 aromatic carbocycles. The molecule has 0 fully saturated rings. The van der Waals surface area contributed by atoms with E-state index in [2.05, 4.69) is 36.2 Å². The third-order valence-electron chi connectivity index (χ3n) is 2.96. The summed E-state index contributed by atoms with van der Waals surface area (Å²) in [6, 6.07) is 15.7. The quantitative estimate of drug-likeness (QED) is 0.747. The zero-order valence-corrected chi connectivity index (χ0v) is 11.3. The summed E-state index contributed by atoms with van der Waals surface area (Å²) in [4.78, 5) is 6.28. The van der Waals surface area contributed by atoms with Crippen molar-refractivity contribution in [3.05, 3.63) is 60.3 Å². The fraction of sp³-hybridized carbons (Fsp3) is 0.0625. The number of aryl methyl sites for hydroxylation is 1. The molecule has 0 atom stereocenters. The Morgan fingerprint density at radius 1 is 1.00 bits per heavy atom. The highest BCUT2D eigenvalue weighted by atomic mass is 32.2. The first-order valence-corrected chi connectivity index (χ1v) is 6.87. The number of hydrogen-bond donors (Lipinski definition) is 1. The Bertz CT molecular complexity index is 722. The van der Waals surface area contributed by atoms with E-state index < -0.39 is 0 Å². The number of hydrogen-bond acceptors (Lipinski definition) is 3. The third-order valence-corrected chi connectivity index (χ3v) is 4.10. The number of phenols is 1. The molecule has 1 N–H and O–H groups in total. The molecule has 0 bridgehead atoms. The Morgan fingerprint density at radius 2 is 1.79 bits per heavy atom. The van der Waals surface area contributed by atoms with Gasteiger partial charge in [-0.1, -0.05) is 35.5 Å². The lowest BCUT2D eigenvalue weighted by molar-refractivity contribution is 0.464. The van der Waals surface area contributed by atoms with Crippen LogP contribution in [0.3, 0.4) is 0 Å². The van der Waals surface area contributed by atoms with Crippen LogP contribution in [0, 0.1) is 6.92 Å². The fourth-order valence-electron chi connectivity index (χ4n) is 1.95. The summed E-state index contributed by atoms with van der Waals surface area (Å²) in [5, 5.41) is 11.1. The van der Waals surface area contributed by atoms with Crippen LogP contribution in [0.25, 0.3) is 10.9 Å². The maximum atomic E-state index is 10.1. The maximum absolute atomic E-state index is 10.1. The molecule has 1 aromatic heterocycles. The van der Waals surface area contributed by atoms with Crippen molar-refractivity contribution in [3.8, 4) is 5.75 Å². The molecule has 1 heterocycles. The van der Waals surface area contributed by atoms with Gasteiger partial charge < -0.3 is 5.11 Å². The number of rotatable bonds is 2. The first kappa shape index (κ1) is 12.1. The fourth-order valence-corrected chi connectivity index (χ4v) is 2.91. The molecule has 0 spiro atoms. The highest BCUT2D eigenvalue weighted by molar-refractivity contribution is 7.99. The maximum Gasteiger partial charge on any atom is 0.130 e. The minimum absolute atomic E-state index is 0.297. The molecular formula is C16H13NOS. The second-order valence-corrected chi connectivity index (χ2v) is 5.48. The van der Waals surface area contributed by atoms with Crippen molar-refractivity contribution in [2.75, 3.05) is 0 Å². The van der Waals surface area contributed by atoms with E-state index in [1.807, 2.05) is 18.2 Å². The molecule has 3 heteroatoms. The number of benzene rings is 2. The van der Waals surface area contributed by atoms with Gasteiger partial charge in [0.15, 0.2) is 0 Å². The van der Waals surface area contributed by atoms with Gasteiger partial charge in [0, 0.05) is 16.5 Å². The molecule has 0 saturated carbocycles. The average Bonchev–Trinajstić information content (AvgIpc) is 2.44. The summed E-state index contributed by atoms with van der Waals surface area (Å²) in [6.45, 7) is 2.06. The molecule has 3 rings (SSSR count). The SMILES string of the molecule is Cc1ccc(Sc2c(O)ccc3ncccc23)cc1. The van der Waals surface area contributed by atoms with E-state index in [-0.39, 0.29) is 0 Å². The highest BCUT2D eigenvalue weighted by Crippen LogP contribution is 2.39. The summed E-state index contributed by atoms with van der Waals surface area (Å²) in [5.41, 5.74) is 2.13. The summed E-state index contributed by atoms with van der Waals surface area (Å²) in [5.74, 6) is 0.297. The summed E-state index contributed by atoms with van der Waals surface area (Å²) in [6.07, 6.45) is 1.76. The molecule has 0 radical (unpaired) electrons. The Hall–Kier alpha value is -2.00. The van der Waals surface area contributed by atoms with Crippen LogP contribution in [-0.2, 0) is 0 Å². The van der Waals surface area contributed by atoms with E-state index >= 15 is 0 Å². The largest absolute Gasteiger partial charge is 0.507 e. The van der Waals surface area contributed by atoms with Gasteiger partial charge in [0.05, 0.1) is 10.4 Å². The van der Waals surface area contributed by atoms with Gasteiger partial charge in [0.25, 0.3) is 0 Å². The number of nitrogens with zero attached hydrogens (tertiary/aromatic N) is 1. The molecule has 0 saturated heterocycles. The minimum atomic E-state index is 0.297. The molecule has 19 heavy (non-hydrogen) atoms. The van der Waals surface area contributed by atoms with Crippen LogP contribution >= 0.6 is 11.8 Å². The van der Waals surface area contributed by atoms with E-state index in [1.165, 1.54) is 5.56 Å². The summed E-state index contributed by atoms with van der Waals surface area (Å²) >= 11 is 1.56. The zero-order valence-electron chi connectivity index (χ0n) is 10.5. The Morgan fingerprint density at radius 3 is 2.58 bits per heavy atom. The van der Waals surface area contributed by atoms with Crippen LogP contribution in [-0.4, -0.2) is 10.1 Å². The summed E-state index contributed by atoms with van der Waals surface area (Å²) < 4.78 is 0. The van der Waals surface area contributed by atoms with Crippen molar-refractivity contribution in [3.63, 3.8) is 0 Å². The number of aromatic hydroxyl groups is 1. The van der Waals surface area contributed by atoms with E-state index in [0.29, 0.717) is 5.75 Å². The first-order valence-electron chi connectivity index (χ1n) is 6.05. The molecule has 3 aromatic rings. The molecule has 0 aliphatic heterocycles. The van der Waals surface area contributed by atoms with Crippen LogP contribution in [0.4, 0.5) is 0 Å². The van der Waals surface area contributed by atoms with Crippen molar-refractivity contribution in [1.82, 2.24) is 4.98 Å². The normalized spacial score (nSPS) is 10.8. The van der Waals surface area contributed by atoms with Gasteiger partial charge in [-0.05, 0) is 37.3 Å². The van der Waals surface area contributed by atoms with Gasteiger partial charge in [-0.2, -0.15) is 0 Å². The van der Waals surface area contributed by atoms with Crippen LogP contribution in [0.5, 0.6) is 5.75 Å². The first-order chi connectivity index (χ1) is 9.24. The predicted octanol–water partition coefficient (Wildman–Crippen LogP) is 4.40. The van der Waals surface area contributed by atoms with E-state index in [4.69, 9.17) is 0 Å². The lowest BCUT2D eigenvalue weighted by atomic mass is 10.2. The Labute approximate surface area is 116 Å². The van der Waals surface area contributed by atoms with Crippen LogP contribution in [0.2, 0.25) is 0 Å². The molecule has 0 amide bonds. The molecule has 94 valence electrons. The number of aromatic nitrogens is 1. The van der Waals surface area contributed by atoms with Crippen molar-refractivity contribution in [2.24, 2.45) is 0 Å². The zero-order chi connectivity index (χ0) is 13.2. The van der Waals surface area contributed by atoms with E-state index in [1.54, 1.807) is 24.0 Å². The topological polar surface area (TPSA) is 33.1 Å². The number of pyridine rings is 1. The standard InChI is InChI=1S/C16H13NOS/c1-11-4-6-12(7-5-11)19-16-13-3-2-10-17-14(13)8-9-15(16)18/h2-10,18H,1H3. The smallest absolute Gasteiger partial charge is 0.130 e. The van der Waals surface area contributed by atoms with E-state index in [0.717, 1.165) is 20.7 Å². The van der Waals surface area contributed by atoms with Gasteiger partial charge in [-0.15, -0.1) is 0 Å². The second kappa shape index (κ2) is 4.94. The van der Waals surface area contributed by atoms with Crippen molar-refractivity contribution >= 4 is 22.7 Å². The lowest BCUT2D eigenvalue weighted by Gasteiger charge is -2.08.